The van der Waals surface area contributed by atoms with E-state index in [9.17, 15) is 54.3 Å². The number of Topliss-reactive ketones (excluding diaryl/α,β-unsaturated/α-hetero) is 1. The van der Waals surface area contributed by atoms with Gasteiger partial charge in [0.05, 0.1) is 42.0 Å². The van der Waals surface area contributed by atoms with Crippen molar-refractivity contribution in [2.24, 2.45) is 0 Å². The number of imide groups is 1. The second-order valence-corrected chi connectivity index (χ2v) is 12.6. The van der Waals surface area contributed by atoms with Gasteiger partial charge in [-0.1, -0.05) is 12.1 Å². The van der Waals surface area contributed by atoms with Gasteiger partial charge < -0.3 is 45.1 Å². The van der Waals surface area contributed by atoms with E-state index in [4.69, 9.17) is 14.2 Å². The van der Waals surface area contributed by atoms with Crippen molar-refractivity contribution in [1.29, 1.82) is 0 Å². The SMILES string of the molecule is COc1cccc2c1C(=O)c1c(O)c3c(c(O)c1C2=O)C[C@@](O)(C(=O)CO)C[C@@H]3O[C@H]1C[C@H](NC(=O)CCN2C(=O)C=CC2=O)[C@H](O)[C@H](C)O1. The van der Waals surface area contributed by atoms with Gasteiger partial charge >= 0.3 is 0 Å². The van der Waals surface area contributed by atoms with Crippen LogP contribution in [0.1, 0.15) is 75.3 Å². The number of benzene rings is 2. The maximum absolute atomic E-state index is 13.9. The average Bonchev–Trinajstić information content (AvgIpc) is 3.41. The normalized spacial score (nSPS) is 27.1. The highest BCUT2D eigenvalue weighted by atomic mass is 16.7. The molecule has 0 spiro atoms. The fraction of sp³-hybridized carbons (Fsp3) is 0.412. The number of phenolic OH excluding ortho intramolecular Hbond substituents is 2. The molecule has 3 amide bonds. The molecule has 16 heteroatoms. The van der Waals surface area contributed by atoms with E-state index < -0.39 is 113 Å². The Morgan fingerprint density at radius 1 is 1.04 bits per heavy atom. The maximum atomic E-state index is 13.9. The fourth-order valence-electron chi connectivity index (χ4n) is 7.00. The number of ketones is 3. The summed E-state index contributed by atoms with van der Waals surface area (Å²) in [6.45, 7) is 0.191. The molecule has 264 valence electrons. The number of aliphatic hydroxyl groups is 3. The first-order valence-electron chi connectivity index (χ1n) is 15.8. The number of carbonyl (C=O) groups excluding carboxylic acids is 6. The van der Waals surface area contributed by atoms with Crippen LogP contribution in [0, 0.1) is 0 Å². The summed E-state index contributed by atoms with van der Waals surface area (Å²) < 4.78 is 17.3. The molecule has 2 aliphatic carbocycles. The van der Waals surface area contributed by atoms with Crippen LogP contribution in [0.5, 0.6) is 17.2 Å². The monoisotopic (exact) mass is 694 g/mol. The number of aromatic hydroxyl groups is 2. The van der Waals surface area contributed by atoms with Gasteiger partial charge in [-0.05, 0) is 13.0 Å². The van der Waals surface area contributed by atoms with Gasteiger partial charge in [-0.3, -0.25) is 33.7 Å². The summed E-state index contributed by atoms with van der Waals surface area (Å²) in [6, 6.07) is 3.28. The van der Waals surface area contributed by atoms with Crippen LogP contribution in [-0.2, 0) is 35.1 Å². The smallest absolute Gasteiger partial charge is 0.253 e. The third-order valence-corrected chi connectivity index (χ3v) is 9.57. The molecule has 6 atom stereocenters. The number of fused-ring (bicyclic) bond motifs is 3. The molecular weight excluding hydrogens is 660 g/mol. The quantitative estimate of drug-likeness (QED) is 0.122. The van der Waals surface area contributed by atoms with Crippen molar-refractivity contribution in [2.45, 2.75) is 68.9 Å². The predicted octanol–water partition coefficient (Wildman–Crippen LogP) is -0.526. The number of methoxy groups -OCH3 is 1. The molecule has 0 radical (unpaired) electrons. The Labute approximate surface area is 283 Å². The Kier molecular flexibility index (Phi) is 9.09. The number of rotatable bonds is 9. The van der Waals surface area contributed by atoms with E-state index in [-0.39, 0.29) is 47.4 Å². The topological polar surface area (TPSA) is 247 Å². The number of nitrogens with zero attached hydrogens (tertiary/aromatic N) is 1. The van der Waals surface area contributed by atoms with E-state index in [0.717, 1.165) is 17.1 Å². The molecule has 1 fully saturated rings. The summed E-state index contributed by atoms with van der Waals surface area (Å²) in [6.07, 6.45) is -4.55. The second kappa shape index (κ2) is 13.0. The Balaban J connectivity index is 1.33. The van der Waals surface area contributed by atoms with Crippen LogP contribution in [0.2, 0.25) is 0 Å². The minimum atomic E-state index is -2.36. The van der Waals surface area contributed by atoms with Crippen LogP contribution >= 0.6 is 0 Å². The molecule has 0 saturated carbocycles. The van der Waals surface area contributed by atoms with Crippen LogP contribution in [0.3, 0.4) is 0 Å². The van der Waals surface area contributed by atoms with E-state index in [1.54, 1.807) is 0 Å². The van der Waals surface area contributed by atoms with Gasteiger partial charge in [-0.15, -0.1) is 0 Å². The van der Waals surface area contributed by atoms with Gasteiger partial charge in [0.25, 0.3) is 11.8 Å². The molecule has 2 heterocycles. The van der Waals surface area contributed by atoms with Crippen LogP contribution < -0.4 is 10.1 Å². The zero-order valence-corrected chi connectivity index (χ0v) is 26.9. The van der Waals surface area contributed by atoms with E-state index in [1.165, 1.54) is 32.2 Å². The molecule has 6 N–H and O–H groups in total. The third-order valence-electron chi connectivity index (χ3n) is 9.57. The molecule has 0 bridgehead atoms. The number of phenols is 2. The molecular formula is C34H34N2O14. The fourth-order valence-corrected chi connectivity index (χ4v) is 7.00. The Morgan fingerprint density at radius 3 is 2.38 bits per heavy atom. The maximum Gasteiger partial charge on any atom is 0.253 e. The zero-order valence-electron chi connectivity index (χ0n) is 26.9. The molecule has 2 aromatic rings. The molecule has 4 aliphatic rings. The highest BCUT2D eigenvalue weighted by Gasteiger charge is 2.50. The van der Waals surface area contributed by atoms with E-state index in [1.807, 2.05) is 0 Å². The molecule has 50 heavy (non-hydrogen) atoms. The average molecular weight is 695 g/mol. The molecule has 6 rings (SSSR count). The van der Waals surface area contributed by atoms with Crippen molar-refractivity contribution in [2.75, 3.05) is 20.3 Å². The number of hydrogen-bond donors (Lipinski definition) is 6. The Hall–Kier alpha value is -5.00. The van der Waals surface area contributed by atoms with Crippen LogP contribution in [0.15, 0.2) is 30.4 Å². The van der Waals surface area contributed by atoms with Gasteiger partial charge in [0, 0.05) is 61.1 Å². The molecule has 2 aliphatic heterocycles. The van der Waals surface area contributed by atoms with Crippen molar-refractivity contribution in [1.82, 2.24) is 10.2 Å². The van der Waals surface area contributed by atoms with Gasteiger partial charge in [0.2, 0.25) is 11.7 Å². The van der Waals surface area contributed by atoms with Crippen molar-refractivity contribution < 1.29 is 68.5 Å². The van der Waals surface area contributed by atoms with Crippen LogP contribution in [0.25, 0.3) is 0 Å². The summed E-state index contributed by atoms with van der Waals surface area (Å²) in [5.41, 5.74) is -4.19. The molecule has 1 saturated heterocycles. The first-order valence-corrected chi connectivity index (χ1v) is 15.8. The van der Waals surface area contributed by atoms with E-state index in [0.29, 0.717) is 0 Å². The Bertz CT molecular complexity index is 1850. The minimum absolute atomic E-state index is 0.0466. The zero-order chi connectivity index (χ0) is 36.2. The number of nitrogens with one attached hydrogen (secondary N) is 1. The lowest BCUT2D eigenvalue weighted by molar-refractivity contribution is -0.249. The van der Waals surface area contributed by atoms with Crippen molar-refractivity contribution in [3.8, 4) is 17.2 Å². The highest BCUT2D eigenvalue weighted by Crippen LogP contribution is 2.52. The summed E-state index contributed by atoms with van der Waals surface area (Å²) in [5, 5.41) is 57.8. The van der Waals surface area contributed by atoms with E-state index in [2.05, 4.69) is 5.32 Å². The number of ether oxygens (including phenoxy) is 3. The standard InChI is InChI=1S/C34H34N2O14/c1-14-29(42)17(35-21(39)8-9-36-22(40)6-7-23(36)41)10-24(49-14)50-19-12-34(47,20(38)13-37)11-16-26(19)33(46)28-27(31(16)44)30(43)15-4-3-5-18(48-2)25(15)32(28)45/h3-7,14,17,19,24,29,37,42,44,46-47H,8-13H2,1-2H3,(H,35,39)/t14-,17-,19-,24-,29+,34-/m0/s1. The first kappa shape index (κ1) is 34.8. The summed E-state index contributed by atoms with van der Waals surface area (Å²) in [5.74, 6) is -5.91. The van der Waals surface area contributed by atoms with Crippen molar-refractivity contribution >= 4 is 35.1 Å². The van der Waals surface area contributed by atoms with Crippen LogP contribution in [0.4, 0.5) is 0 Å². The largest absolute Gasteiger partial charge is 0.507 e. The first-order chi connectivity index (χ1) is 23.7. The number of aliphatic hydroxyl groups excluding tert-OH is 2. The molecule has 16 nitrogen and oxygen atoms in total. The predicted molar refractivity (Wildman–Crippen MR) is 166 cm³/mol. The highest BCUT2D eigenvalue weighted by molar-refractivity contribution is 6.31. The Morgan fingerprint density at radius 2 is 1.72 bits per heavy atom. The van der Waals surface area contributed by atoms with Gasteiger partial charge in [0.15, 0.2) is 17.9 Å². The lowest BCUT2D eigenvalue weighted by Gasteiger charge is -2.43. The number of hydrogen-bond acceptors (Lipinski definition) is 14. The molecule has 0 aromatic heterocycles. The summed E-state index contributed by atoms with van der Waals surface area (Å²) >= 11 is 0. The lowest BCUT2D eigenvalue weighted by Crippen LogP contribution is -2.56. The second-order valence-electron chi connectivity index (χ2n) is 12.6. The molecule has 2 aromatic carbocycles. The number of amides is 3. The summed E-state index contributed by atoms with van der Waals surface area (Å²) in [4.78, 5) is 77.7. The van der Waals surface area contributed by atoms with Crippen LogP contribution in [-0.4, -0.2) is 116 Å². The number of carbonyl (C=O) groups is 6. The van der Waals surface area contributed by atoms with Gasteiger partial charge in [-0.2, -0.15) is 0 Å². The third kappa shape index (κ3) is 5.74. The van der Waals surface area contributed by atoms with E-state index >= 15 is 0 Å². The van der Waals surface area contributed by atoms with Crippen molar-refractivity contribution in [3.05, 3.63) is 63.7 Å². The lowest BCUT2D eigenvalue weighted by atomic mass is 9.72. The van der Waals surface area contributed by atoms with Crippen molar-refractivity contribution in [3.63, 3.8) is 0 Å². The van der Waals surface area contributed by atoms with Gasteiger partial charge in [-0.25, -0.2) is 0 Å². The summed E-state index contributed by atoms with van der Waals surface area (Å²) in [7, 11) is 1.29. The van der Waals surface area contributed by atoms with Gasteiger partial charge in [0.1, 0.15) is 35.6 Å². The minimum Gasteiger partial charge on any atom is -0.507 e. The molecule has 0 unspecified atom stereocenters.